The molecule has 0 saturated heterocycles. The first kappa shape index (κ1) is 30.4. The maximum Gasteiger partial charge on any atom is 0.306 e. The van der Waals surface area contributed by atoms with Crippen LogP contribution >= 0.6 is 0 Å². The Labute approximate surface area is 198 Å². The summed E-state index contributed by atoms with van der Waals surface area (Å²) < 4.78 is 10.4. The van der Waals surface area contributed by atoms with Crippen molar-refractivity contribution in [2.45, 2.75) is 129 Å². The monoisotopic (exact) mass is 450 g/mol. The normalized spacial score (nSPS) is 11.4. The van der Waals surface area contributed by atoms with E-state index in [2.05, 4.69) is 38.2 Å². The summed E-state index contributed by atoms with van der Waals surface area (Å²) in [5, 5.41) is 0. The van der Waals surface area contributed by atoms with Crippen molar-refractivity contribution in [1.82, 2.24) is 0 Å². The van der Waals surface area contributed by atoms with E-state index >= 15 is 0 Å². The molecular weight excluding hydrogens is 400 g/mol. The molecule has 0 atom stereocenters. The third kappa shape index (κ3) is 24.7. The Bertz CT molecular complexity index is 482. The molecule has 186 valence electrons. The number of unbranched alkanes of at least 4 members (excludes halogenated alkanes) is 12. The Hall–Kier alpha value is -1.58. The van der Waals surface area contributed by atoms with Crippen molar-refractivity contribution >= 4 is 11.9 Å². The first-order valence-corrected chi connectivity index (χ1v) is 13.3. The van der Waals surface area contributed by atoms with Crippen LogP contribution in [-0.2, 0) is 19.1 Å². The molecule has 0 spiro atoms. The molecule has 0 N–H and O–H groups in total. The van der Waals surface area contributed by atoms with E-state index in [1.54, 1.807) is 0 Å². The number of carbonyl (C=O) groups is 2. The Kier molecular flexibility index (Phi) is 24.4. The lowest BCUT2D eigenvalue weighted by atomic mass is 10.1. The smallest absolute Gasteiger partial charge is 0.306 e. The summed E-state index contributed by atoms with van der Waals surface area (Å²) in [6.07, 6.45) is 27.7. The van der Waals surface area contributed by atoms with Crippen molar-refractivity contribution in [1.29, 1.82) is 0 Å². The average Bonchev–Trinajstić information content (AvgIpc) is 2.79. The summed E-state index contributed by atoms with van der Waals surface area (Å²) in [6, 6.07) is 0. The molecule has 0 amide bonds. The van der Waals surface area contributed by atoms with E-state index < -0.39 is 0 Å². The SMILES string of the molecule is CCC/C=C/CCCCCCCOC(=O)CCC(=O)OCCCCCC/C=C/CCCC. The minimum atomic E-state index is -0.297. The van der Waals surface area contributed by atoms with Crippen LogP contribution in [0.4, 0.5) is 0 Å². The number of carbonyl (C=O) groups excluding carboxylic acids is 2. The topological polar surface area (TPSA) is 52.6 Å². The first-order valence-electron chi connectivity index (χ1n) is 13.3. The summed E-state index contributed by atoms with van der Waals surface area (Å²) in [7, 11) is 0. The minimum absolute atomic E-state index is 0.118. The molecule has 32 heavy (non-hydrogen) atoms. The fourth-order valence-corrected chi connectivity index (χ4v) is 3.29. The van der Waals surface area contributed by atoms with Crippen LogP contribution in [0.3, 0.4) is 0 Å². The Morgan fingerprint density at radius 2 is 0.906 bits per heavy atom. The fourth-order valence-electron chi connectivity index (χ4n) is 3.29. The van der Waals surface area contributed by atoms with E-state index in [1.807, 2.05) is 0 Å². The summed E-state index contributed by atoms with van der Waals surface area (Å²) >= 11 is 0. The Morgan fingerprint density at radius 1 is 0.500 bits per heavy atom. The van der Waals surface area contributed by atoms with Gasteiger partial charge in [0.15, 0.2) is 0 Å². The van der Waals surface area contributed by atoms with Crippen molar-refractivity contribution in [3.63, 3.8) is 0 Å². The molecule has 4 heteroatoms. The number of hydrogen-bond donors (Lipinski definition) is 0. The third-order valence-electron chi connectivity index (χ3n) is 5.35. The van der Waals surface area contributed by atoms with Crippen LogP contribution in [0.15, 0.2) is 24.3 Å². The highest BCUT2D eigenvalue weighted by atomic mass is 16.5. The van der Waals surface area contributed by atoms with Gasteiger partial charge in [-0.05, 0) is 51.4 Å². The van der Waals surface area contributed by atoms with E-state index in [0.717, 1.165) is 38.5 Å². The van der Waals surface area contributed by atoms with Crippen molar-refractivity contribution in [3.8, 4) is 0 Å². The van der Waals surface area contributed by atoms with E-state index in [9.17, 15) is 9.59 Å². The maximum atomic E-state index is 11.7. The predicted octanol–water partition coefficient (Wildman–Crippen LogP) is 8.25. The molecule has 0 radical (unpaired) electrons. The summed E-state index contributed by atoms with van der Waals surface area (Å²) in [6.45, 7) is 5.32. The number of allylic oxidation sites excluding steroid dienone is 4. The number of ether oxygens (including phenoxy) is 2. The van der Waals surface area contributed by atoms with Gasteiger partial charge in [0.25, 0.3) is 0 Å². The van der Waals surface area contributed by atoms with Crippen molar-refractivity contribution < 1.29 is 19.1 Å². The van der Waals surface area contributed by atoms with E-state index in [1.165, 1.54) is 64.2 Å². The zero-order valence-electron chi connectivity index (χ0n) is 21.1. The van der Waals surface area contributed by atoms with Crippen LogP contribution in [0.1, 0.15) is 129 Å². The molecule has 0 unspecified atom stereocenters. The number of hydrogen-bond acceptors (Lipinski definition) is 4. The molecule has 0 aromatic carbocycles. The van der Waals surface area contributed by atoms with E-state index in [4.69, 9.17) is 9.47 Å². The largest absolute Gasteiger partial charge is 0.466 e. The molecule has 0 bridgehead atoms. The lowest BCUT2D eigenvalue weighted by Crippen LogP contribution is -2.11. The molecule has 4 nitrogen and oxygen atoms in total. The van der Waals surface area contributed by atoms with Crippen molar-refractivity contribution in [2.24, 2.45) is 0 Å². The average molecular weight is 451 g/mol. The van der Waals surface area contributed by atoms with Gasteiger partial charge in [0.1, 0.15) is 0 Å². The van der Waals surface area contributed by atoms with Gasteiger partial charge in [0.05, 0.1) is 26.1 Å². The highest BCUT2D eigenvalue weighted by Crippen LogP contribution is 2.08. The van der Waals surface area contributed by atoms with Crippen molar-refractivity contribution in [2.75, 3.05) is 13.2 Å². The van der Waals surface area contributed by atoms with Gasteiger partial charge in [-0.25, -0.2) is 0 Å². The standard InChI is InChI=1S/C28H50O4/c1-3-5-7-9-11-13-15-17-19-21-25-31-27(29)23-24-28(30)32-26-22-20-18-16-14-12-10-8-6-4-2/h7,9-10,12H,3-6,8,11,13-26H2,1-2H3/b9-7+,12-10+. The van der Waals surface area contributed by atoms with Gasteiger partial charge >= 0.3 is 11.9 Å². The highest BCUT2D eigenvalue weighted by molar-refractivity contribution is 5.77. The molecule has 0 aromatic heterocycles. The molecule has 0 rings (SSSR count). The van der Waals surface area contributed by atoms with Crippen LogP contribution in [-0.4, -0.2) is 25.2 Å². The molecule has 0 aliphatic carbocycles. The fraction of sp³-hybridized carbons (Fsp3) is 0.786. The van der Waals surface area contributed by atoms with Gasteiger partial charge in [-0.3, -0.25) is 9.59 Å². The molecule has 0 fully saturated rings. The minimum Gasteiger partial charge on any atom is -0.466 e. The van der Waals surface area contributed by atoms with Gasteiger partial charge in [0.2, 0.25) is 0 Å². The van der Waals surface area contributed by atoms with Crippen LogP contribution in [0.5, 0.6) is 0 Å². The zero-order valence-corrected chi connectivity index (χ0v) is 21.1. The lowest BCUT2D eigenvalue weighted by molar-refractivity contribution is -0.150. The van der Waals surface area contributed by atoms with E-state index in [0.29, 0.717) is 13.2 Å². The van der Waals surface area contributed by atoms with Crippen LogP contribution in [0.2, 0.25) is 0 Å². The quantitative estimate of drug-likeness (QED) is 0.0893. The highest BCUT2D eigenvalue weighted by Gasteiger charge is 2.09. The zero-order chi connectivity index (χ0) is 23.5. The summed E-state index contributed by atoms with van der Waals surface area (Å²) in [4.78, 5) is 23.4. The second kappa shape index (κ2) is 25.7. The summed E-state index contributed by atoms with van der Waals surface area (Å²) in [5.74, 6) is -0.594. The van der Waals surface area contributed by atoms with Crippen LogP contribution < -0.4 is 0 Å². The van der Waals surface area contributed by atoms with Gasteiger partial charge in [-0.1, -0.05) is 89.5 Å². The predicted molar refractivity (Wildman–Crippen MR) is 135 cm³/mol. The van der Waals surface area contributed by atoms with Crippen LogP contribution in [0, 0.1) is 0 Å². The molecule has 0 saturated carbocycles. The maximum absolute atomic E-state index is 11.7. The van der Waals surface area contributed by atoms with Gasteiger partial charge in [-0.2, -0.15) is 0 Å². The number of esters is 2. The first-order chi connectivity index (χ1) is 15.7. The van der Waals surface area contributed by atoms with E-state index in [-0.39, 0.29) is 24.8 Å². The van der Waals surface area contributed by atoms with Gasteiger partial charge < -0.3 is 9.47 Å². The molecule has 0 aliphatic heterocycles. The second-order valence-corrected chi connectivity index (χ2v) is 8.57. The molecule has 0 aromatic rings. The second-order valence-electron chi connectivity index (χ2n) is 8.57. The Balaban J connectivity index is 3.37. The van der Waals surface area contributed by atoms with Gasteiger partial charge in [0, 0.05) is 0 Å². The lowest BCUT2D eigenvalue weighted by Gasteiger charge is -2.06. The molecule has 0 aliphatic rings. The molecular formula is C28H50O4. The van der Waals surface area contributed by atoms with Crippen molar-refractivity contribution in [3.05, 3.63) is 24.3 Å². The van der Waals surface area contributed by atoms with Gasteiger partial charge in [-0.15, -0.1) is 0 Å². The third-order valence-corrected chi connectivity index (χ3v) is 5.35. The number of rotatable bonds is 23. The summed E-state index contributed by atoms with van der Waals surface area (Å²) in [5.41, 5.74) is 0. The molecule has 0 heterocycles. The Morgan fingerprint density at radius 3 is 1.38 bits per heavy atom. The van der Waals surface area contributed by atoms with Crippen LogP contribution in [0.25, 0.3) is 0 Å².